The maximum atomic E-state index is 12.8. The molecule has 0 unspecified atom stereocenters. The molecular weight excluding hydrogens is 1930 g/mol. The topological polar surface area (TPSA) is 481 Å². The average molecular weight is 2060 g/mol. The summed E-state index contributed by atoms with van der Waals surface area (Å²) in [7, 11) is 0. The van der Waals surface area contributed by atoms with E-state index in [4.69, 9.17) is 61.9 Å². The van der Waals surface area contributed by atoms with Crippen LogP contribution in [-0.2, 0) is 138 Å². The Morgan fingerprint density at radius 2 is 0.439 bits per heavy atom. The molecule has 5 atom stereocenters. The van der Waals surface area contributed by atoms with E-state index in [0.29, 0.717) is 33.4 Å². The fourth-order valence-electron chi connectivity index (χ4n) is 11.5. The van der Waals surface area contributed by atoms with Crippen LogP contribution in [0.3, 0.4) is 0 Å². The summed E-state index contributed by atoms with van der Waals surface area (Å²) in [5.74, 6) is -7.88. The van der Waals surface area contributed by atoms with E-state index in [9.17, 15) is 81.5 Å². The van der Waals surface area contributed by atoms with E-state index in [0.717, 1.165) is 27.8 Å². The van der Waals surface area contributed by atoms with Crippen molar-refractivity contribution in [1.82, 2.24) is 26.6 Å². The van der Waals surface area contributed by atoms with Crippen molar-refractivity contribution < 1.29 is 143 Å². The van der Waals surface area contributed by atoms with Crippen molar-refractivity contribution in [2.45, 2.75) is 255 Å². The van der Waals surface area contributed by atoms with E-state index in [2.05, 4.69) is 58.4 Å². The minimum atomic E-state index is -1.41. The van der Waals surface area contributed by atoms with E-state index >= 15 is 0 Å². The monoisotopic (exact) mass is 2060 g/mol. The molecular formula is C102H127Br2N5O30. The third kappa shape index (κ3) is 53.6. The van der Waals surface area contributed by atoms with Gasteiger partial charge in [0.15, 0.2) is 36.3 Å². The van der Waals surface area contributed by atoms with E-state index in [1.54, 1.807) is 229 Å². The number of halogens is 2. The van der Waals surface area contributed by atoms with Gasteiger partial charge in [0.2, 0.25) is 0 Å². The van der Waals surface area contributed by atoms with Gasteiger partial charge in [-0.3, -0.25) is 43.2 Å². The van der Waals surface area contributed by atoms with Crippen LogP contribution in [0, 0.1) is 27.7 Å². The molecule has 0 heterocycles. The summed E-state index contributed by atoms with van der Waals surface area (Å²) in [5, 5.41) is 20.8. The number of benzene rings is 7. The number of ketones is 4. The number of nitrogens with one attached hydrogen (secondary N) is 5. The minimum absolute atomic E-state index is 0.00541. The molecule has 0 bridgehead atoms. The van der Waals surface area contributed by atoms with Gasteiger partial charge in [-0.25, -0.2) is 38.4 Å². The Hall–Kier alpha value is -13.7. The summed E-state index contributed by atoms with van der Waals surface area (Å²) < 4.78 is 61.7. The van der Waals surface area contributed by atoms with E-state index in [-0.39, 0.29) is 68.1 Å². The quantitative estimate of drug-likeness (QED) is 0.0119. The van der Waals surface area contributed by atoms with Crippen LogP contribution in [0.1, 0.15) is 207 Å². The number of Topliss-reactive ketones (excluding diaryl/α,β-unsaturated/α-hetero) is 4. The predicted octanol–water partition coefficient (Wildman–Crippen LogP) is 16.2. The van der Waals surface area contributed by atoms with Gasteiger partial charge in [-0.05, 0) is 182 Å². The zero-order chi connectivity index (χ0) is 104. The second-order valence-corrected chi connectivity index (χ2v) is 37.0. The van der Waals surface area contributed by atoms with Crippen LogP contribution in [0.4, 0.5) is 24.0 Å². The lowest BCUT2D eigenvalue weighted by atomic mass is 10.0. The fourth-order valence-corrected chi connectivity index (χ4v) is 12.3. The molecule has 37 heteroatoms. The van der Waals surface area contributed by atoms with Crippen molar-refractivity contribution in [2.75, 3.05) is 23.9 Å². The maximum absolute atomic E-state index is 12.8. The standard InChI is InChI=1S/2C26H31NO7.2C17H22BrNO5.C16H21NO6/c2*1-17-10-9-11-18(2)23(17)24(30)32-16-21(28)20(14-22(29)34-26(3,4)5)27-25(31)33-15-19-12-7-6-8-13-19;2*1-17(2,3)24-15(21)9-13(14(20)10-18)19-16(22)23-11-12-7-5-4-6-8-12;1-16(2,3)23-13(18)9-12(14(19)20)17-15(21)22-10-11-7-5-4-6-8-11/h2*6-13,20H,14-16H2,1-5H3,(H,27,31);2*4-8,13H,9-11H2,1-3H3,(H,19,22);4-8,12H,9-10H2,1-3H3,(H,17,21)(H,19,20)/t2*20-;2*13-;12-/m00000/s1. The second kappa shape index (κ2) is 60.1. The zero-order valence-corrected chi connectivity index (χ0v) is 84.9. The number of carbonyl (C=O) groups excluding carboxylic acids is 16. The first-order valence-electron chi connectivity index (χ1n) is 43.9. The Bertz CT molecular complexity index is 4890. The SMILES string of the molecule is CC(C)(C)OC(=O)C[C@H](NC(=O)OCc1ccccc1)C(=O)CBr.CC(C)(C)OC(=O)C[C@H](NC(=O)OCc1ccccc1)C(=O)CBr.CC(C)(C)OC(=O)C[C@H](NC(=O)OCc1ccccc1)C(=O)O.Cc1cccc(C)c1C(=O)OCC(=O)[C@H](CC(=O)OC(C)(C)C)NC(=O)OCc1ccccc1.Cc1cccc(C)c1C(=O)OCC(=O)[C@H](CC(=O)OC(C)(C)C)NC(=O)OCc1ccccc1. The molecule has 0 aliphatic rings. The number of hydrogen-bond donors (Lipinski definition) is 6. The number of carboxylic acids is 1. The molecule has 139 heavy (non-hydrogen) atoms. The van der Waals surface area contributed by atoms with Crippen LogP contribution in [0.15, 0.2) is 188 Å². The molecule has 0 radical (unpaired) electrons. The highest BCUT2D eigenvalue weighted by molar-refractivity contribution is 9.09. The lowest BCUT2D eigenvalue weighted by Gasteiger charge is -2.22. The highest BCUT2D eigenvalue weighted by atomic mass is 79.9. The number of rotatable bonds is 38. The van der Waals surface area contributed by atoms with Gasteiger partial charge in [0.1, 0.15) is 91.2 Å². The minimum Gasteiger partial charge on any atom is -0.480 e. The van der Waals surface area contributed by atoms with Crippen molar-refractivity contribution >= 4 is 133 Å². The highest BCUT2D eigenvalue weighted by Gasteiger charge is 2.34. The molecule has 0 aromatic heterocycles. The summed E-state index contributed by atoms with van der Waals surface area (Å²) in [5.41, 5.74) is 3.93. The first-order valence-corrected chi connectivity index (χ1v) is 46.1. The van der Waals surface area contributed by atoms with Gasteiger partial charge in [-0.2, -0.15) is 0 Å². The van der Waals surface area contributed by atoms with Crippen LogP contribution >= 0.6 is 31.9 Å². The van der Waals surface area contributed by atoms with Gasteiger partial charge < -0.3 is 88.5 Å². The number of alkyl halides is 2. The number of amides is 5. The van der Waals surface area contributed by atoms with Crippen LogP contribution in [0.5, 0.6) is 0 Å². The molecule has 0 spiro atoms. The van der Waals surface area contributed by atoms with Gasteiger partial charge >= 0.3 is 78.2 Å². The van der Waals surface area contributed by atoms with Crippen molar-refractivity contribution in [1.29, 1.82) is 0 Å². The Balaban J connectivity index is 0.000000452. The molecule has 0 aliphatic carbocycles. The van der Waals surface area contributed by atoms with Crippen molar-refractivity contribution in [3.05, 3.63) is 249 Å². The number of alkyl carbamates (subject to hydrolysis) is 5. The van der Waals surface area contributed by atoms with Crippen molar-refractivity contribution in [2.24, 2.45) is 0 Å². The summed E-state index contributed by atoms with van der Waals surface area (Å²) in [6.07, 6.45) is -6.04. The molecule has 7 aromatic carbocycles. The molecule has 7 rings (SSSR count). The summed E-state index contributed by atoms with van der Waals surface area (Å²) in [6, 6.07) is 49.9. The third-order valence-electron chi connectivity index (χ3n) is 17.7. The Kier molecular flexibility index (Phi) is 51.7. The largest absolute Gasteiger partial charge is 0.480 e. The normalized spacial score (nSPS) is 12.0. The fraction of sp³-hybridized carbons (Fsp3) is 0.422. The van der Waals surface area contributed by atoms with Gasteiger partial charge in [0.05, 0.1) is 53.9 Å². The molecule has 5 amide bonds. The molecule has 6 N–H and O–H groups in total. The van der Waals surface area contributed by atoms with Gasteiger partial charge in [0.25, 0.3) is 0 Å². The molecule has 35 nitrogen and oxygen atoms in total. The number of hydrogen-bond acceptors (Lipinski definition) is 29. The maximum Gasteiger partial charge on any atom is 0.408 e. The smallest absolute Gasteiger partial charge is 0.408 e. The van der Waals surface area contributed by atoms with Crippen LogP contribution in [-0.4, -0.2) is 189 Å². The number of carboxylic acid groups (broad SMARTS) is 1. The van der Waals surface area contributed by atoms with E-state index < -0.39 is 180 Å². The van der Waals surface area contributed by atoms with E-state index in [1.165, 1.54) is 0 Å². The van der Waals surface area contributed by atoms with Crippen molar-refractivity contribution in [3.8, 4) is 0 Å². The lowest BCUT2D eigenvalue weighted by molar-refractivity contribution is -0.158. The molecule has 7 aromatic rings. The Morgan fingerprint density at radius 3 is 0.619 bits per heavy atom. The third-order valence-corrected chi connectivity index (χ3v) is 18.8. The molecule has 0 saturated carbocycles. The van der Waals surface area contributed by atoms with Gasteiger partial charge in [0, 0.05) is 0 Å². The van der Waals surface area contributed by atoms with Gasteiger partial charge in [-0.1, -0.05) is 220 Å². The molecule has 754 valence electrons. The van der Waals surface area contributed by atoms with Crippen LogP contribution in [0.25, 0.3) is 0 Å². The number of ether oxygens (including phenoxy) is 12. The summed E-state index contributed by atoms with van der Waals surface area (Å²) in [4.78, 5) is 206. The summed E-state index contributed by atoms with van der Waals surface area (Å²) in [6.45, 7) is 31.5. The first kappa shape index (κ1) is 119. The highest BCUT2D eigenvalue weighted by Crippen LogP contribution is 2.21. The lowest BCUT2D eigenvalue weighted by Crippen LogP contribution is -2.45. The van der Waals surface area contributed by atoms with Gasteiger partial charge in [-0.15, -0.1) is 0 Å². The first-order chi connectivity index (χ1) is 65.0. The molecule has 0 aliphatic heterocycles. The Labute approximate surface area is 826 Å². The summed E-state index contributed by atoms with van der Waals surface area (Å²) >= 11 is 6.08. The number of aryl methyl sites for hydroxylation is 4. The molecule has 0 fully saturated rings. The second-order valence-electron chi connectivity index (χ2n) is 35.9. The van der Waals surface area contributed by atoms with Crippen molar-refractivity contribution in [3.63, 3.8) is 0 Å². The number of esters is 7. The van der Waals surface area contributed by atoms with E-state index in [1.807, 2.05) is 91.0 Å². The van der Waals surface area contributed by atoms with Crippen LogP contribution in [0.2, 0.25) is 0 Å². The predicted molar refractivity (Wildman–Crippen MR) is 518 cm³/mol. The number of carbonyl (C=O) groups is 17. The zero-order valence-electron chi connectivity index (χ0n) is 81.7. The van der Waals surface area contributed by atoms with Crippen LogP contribution < -0.4 is 26.6 Å². The Morgan fingerprint density at radius 1 is 0.259 bits per heavy atom. The average Bonchev–Trinajstić information content (AvgIpc) is 0.838. The molecule has 0 saturated heterocycles. The number of aliphatic carboxylic acids is 1.